The predicted molar refractivity (Wildman–Crippen MR) is 121 cm³/mol. The number of hydrogen-bond donors (Lipinski definition) is 1. The third-order valence-electron chi connectivity index (χ3n) is 4.73. The molecule has 1 aromatic heterocycles. The number of thiazole rings is 1. The van der Waals surface area contributed by atoms with Gasteiger partial charge in [0, 0.05) is 6.42 Å². The zero-order chi connectivity index (χ0) is 20.1. The summed E-state index contributed by atoms with van der Waals surface area (Å²) >= 11 is 5.02. The Morgan fingerprint density at radius 1 is 1.29 bits per heavy atom. The highest BCUT2D eigenvalue weighted by Crippen LogP contribution is 2.30. The molecule has 0 aliphatic rings. The van der Waals surface area contributed by atoms with Gasteiger partial charge < -0.3 is 10.1 Å². The van der Waals surface area contributed by atoms with E-state index in [0.717, 1.165) is 26.9 Å². The molecule has 1 amide bonds. The SMILES string of the molecule is CCC(C)c1ccc2nc(NC(=O)CCCOc3ccc(C)cc3Br)sc2c1. The molecule has 0 bridgehead atoms. The van der Waals surface area contributed by atoms with Gasteiger partial charge in [-0.3, -0.25) is 4.79 Å². The summed E-state index contributed by atoms with van der Waals surface area (Å²) in [5.41, 5.74) is 3.42. The smallest absolute Gasteiger partial charge is 0.226 e. The normalized spacial score (nSPS) is 12.1. The molecule has 3 rings (SSSR count). The molecule has 0 saturated heterocycles. The molecule has 3 aromatic rings. The van der Waals surface area contributed by atoms with Crippen LogP contribution >= 0.6 is 27.3 Å². The average molecular weight is 461 g/mol. The summed E-state index contributed by atoms with van der Waals surface area (Å²) in [5.74, 6) is 1.29. The van der Waals surface area contributed by atoms with Gasteiger partial charge >= 0.3 is 0 Å². The van der Waals surface area contributed by atoms with Crippen LogP contribution in [0, 0.1) is 6.92 Å². The first kappa shape index (κ1) is 20.8. The number of ether oxygens (including phenoxy) is 1. The Hall–Kier alpha value is -1.92. The zero-order valence-electron chi connectivity index (χ0n) is 16.4. The van der Waals surface area contributed by atoms with Crippen LogP contribution in [0.4, 0.5) is 5.13 Å². The highest BCUT2D eigenvalue weighted by atomic mass is 79.9. The highest BCUT2D eigenvalue weighted by Gasteiger charge is 2.10. The molecule has 148 valence electrons. The van der Waals surface area contributed by atoms with Crippen molar-refractivity contribution in [3.05, 3.63) is 52.0 Å². The van der Waals surface area contributed by atoms with Crippen LogP contribution in [-0.4, -0.2) is 17.5 Å². The number of rotatable bonds is 8. The van der Waals surface area contributed by atoms with Gasteiger partial charge in [-0.1, -0.05) is 37.3 Å². The number of aryl methyl sites for hydroxylation is 1. The molecule has 0 saturated carbocycles. The van der Waals surface area contributed by atoms with E-state index < -0.39 is 0 Å². The number of hydrogen-bond acceptors (Lipinski definition) is 4. The first-order valence-corrected chi connectivity index (χ1v) is 11.2. The number of nitrogens with zero attached hydrogens (tertiary/aromatic N) is 1. The number of fused-ring (bicyclic) bond motifs is 1. The number of benzene rings is 2. The van der Waals surface area contributed by atoms with Crippen molar-refractivity contribution in [2.75, 3.05) is 11.9 Å². The van der Waals surface area contributed by atoms with E-state index in [2.05, 4.69) is 52.2 Å². The Labute approximate surface area is 178 Å². The molecule has 1 unspecified atom stereocenters. The summed E-state index contributed by atoms with van der Waals surface area (Å²) in [6, 6.07) is 12.3. The molecule has 0 aliphatic heterocycles. The molecule has 1 heterocycles. The Kier molecular flexibility index (Phi) is 7.08. The Balaban J connectivity index is 1.50. The van der Waals surface area contributed by atoms with Crippen molar-refractivity contribution >= 4 is 48.5 Å². The first-order chi connectivity index (χ1) is 13.5. The van der Waals surface area contributed by atoms with E-state index in [0.29, 0.717) is 30.5 Å². The van der Waals surface area contributed by atoms with E-state index in [4.69, 9.17) is 4.74 Å². The lowest BCUT2D eigenvalue weighted by atomic mass is 9.99. The van der Waals surface area contributed by atoms with E-state index in [1.165, 1.54) is 22.5 Å². The highest BCUT2D eigenvalue weighted by molar-refractivity contribution is 9.10. The van der Waals surface area contributed by atoms with Gasteiger partial charge in [0.2, 0.25) is 5.91 Å². The van der Waals surface area contributed by atoms with Crippen molar-refractivity contribution in [2.45, 2.75) is 46.0 Å². The van der Waals surface area contributed by atoms with Crippen molar-refractivity contribution in [3.8, 4) is 5.75 Å². The number of amides is 1. The molecule has 1 atom stereocenters. The third kappa shape index (κ3) is 5.32. The maximum atomic E-state index is 12.2. The topological polar surface area (TPSA) is 51.2 Å². The quantitative estimate of drug-likeness (QED) is 0.381. The lowest BCUT2D eigenvalue weighted by Crippen LogP contribution is -2.12. The van der Waals surface area contributed by atoms with Crippen LogP contribution in [0.2, 0.25) is 0 Å². The minimum Gasteiger partial charge on any atom is -0.492 e. The predicted octanol–water partition coefficient (Wildman–Crippen LogP) is 6.68. The van der Waals surface area contributed by atoms with E-state index in [9.17, 15) is 4.79 Å². The maximum Gasteiger partial charge on any atom is 0.226 e. The van der Waals surface area contributed by atoms with Crippen molar-refractivity contribution in [1.29, 1.82) is 0 Å². The molecule has 2 aromatic carbocycles. The number of carbonyl (C=O) groups excluding carboxylic acids is 1. The lowest BCUT2D eigenvalue weighted by molar-refractivity contribution is -0.116. The van der Waals surface area contributed by atoms with Crippen molar-refractivity contribution in [3.63, 3.8) is 0 Å². The molecule has 1 N–H and O–H groups in total. The fraction of sp³-hybridized carbons (Fsp3) is 0.364. The molecular weight excluding hydrogens is 436 g/mol. The van der Waals surface area contributed by atoms with Gasteiger partial charge in [-0.15, -0.1) is 0 Å². The molecule has 0 aliphatic carbocycles. The van der Waals surface area contributed by atoms with E-state index >= 15 is 0 Å². The van der Waals surface area contributed by atoms with E-state index in [-0.39, 0.29) is 5.91 Å². The molecule has 4 nitrogen and oxygen atoms in total. The summed E-state index contributed by atoms with van der Waals surface area (Å²) in [4.78, 5) is 16.7. The molecular formula is C22H25BrN2O2S. The Bertz CT molecular complexity index is 970. The van der Waals surface area contributed by atoms with Gasteiger partial charge in [-0.05, 0) is 77.0 Å². The molecule has 6 heteroatoms. The number of carbonyl (C=O) groups is 1. The average Bonchev–Trinajstić information content (AvgIpc) is 3.07. The van der Waals surface area contributed by atoms with Crippen LogP contribution in [0.3, 0.4) is 0 Å². The Morgan fingerprint density at radius 2 is 2.11 bits per heavy atom. The van der Waals surface area contributed by atoms with Gasteiger partial charge in [0.15, 0.2) is 5.13 Å². The monoisotopic (exact) mass is 460 g/mol. The minimum absolute atomic E-state index is 0.0345. The fourth-order valence-corrected chi connectivity index (χ4v) is 4.39. The second-order valence-corrected chi connectivity index (χ2v) is 8.87. The van der Waals surface area contributed by atoms with Crippen LogP contribution in [-0.2, 0) is 4.79 Å². The van der Waals surface area contributed by atoms with Crippen molar-refractivity contribution in [1.82, 2.24) is 4.98 Å². The van der Waals surface area contributed by atoms with Crippen LogP contribution in [0.15, 0.2) is 40.9 Å². The van der Waals surface area contributed by atoms with Crippen molar-refractivity contribution < 1.29 is 9.53 Å². The van der Waals surface area contributed by atoms with Gasteiger partial charge in [-0.25, -0.2) is 4.98 Å². The summed E-state index contributed by atoms with van der Waals surface area (Å²) in [7, 11) is 0. The van der Waals surface area contributed by atoms with E-state index in [1.807, 2.05) is 31.2 Å². The summed E-state index contributed by atoms with van der Waals surface area (Å²) in [5, 5.41) is 3.57. The van der Waals surface area contributed by atoms with Crippen LogP contribution in [0.25, 0.3) is 10.2 Å². The van der Waals surface area contributed by atoms with Gasteiger partial charge in [0.1, 0.15) is 5.75 Å². The maximum absolute atomic E-state index is 12.2. The standard InChI is InChI=1S/C22H25BrN2O2S/c1-4-15(3)16-8-9-18-20(13-16)28-22(24-18)25-21(26)6-5-11-27-19-10-7-14(2)12-17(19)23/h7-10,12-13,15H,4-6,11H2,1-3H3,(H,24,25,26). The van der Waals surface area contributed by atoms with Crippen LogP contribution in [0.1, 0.15) is 50.2 Å². The molecule has 0 fully saturated rings. The molecule has 0 radical (unpaired) electrons. The first-order valence-electron chi connectivity index (χ1n) is 9.55. The number of aromatic nitrogens is 1. The summed E-state index contributed by atoms with van der Waals surface area (Å²) < 4.78 is 7.79. The third-order valence-corrected chi connectivity index (χ3v) is 6.29. The van der Waals surface area contributed by atoms with Crippen LogP contribution in [0.5, 0.6) is 5.75 Å². The summed E-state index contributed by atoms with van der Waals surface area (Å²) in [6.45, 7) is 6.94. The van der Waals surface area contributed by atoms with E-state index in [1.54, 1.807) is 0 Å². The van der Waals surface area contributed by atoms with Crippen molar-refractivity contribution in [2.24, 2.45) is 0 Å². The second kappa shape index (κ2) is 9.52. The van der Waals surface area contributed by atoms with Gasteiger partial charge in [0.05, 0.1) is 21.3 Å². The summed E-state index contributed by atoms with van der Waals surface area (Å²) in [6.07, 6.45) is 2.15. The largest absolute Gasteiger partial charge is 0.492 e. The zero-order valence-corrected chi connectivity index (χ0v) is 18.8. The number of halogens is 1. The van der Waals surface area contributed by atoms with Crippen LogP contribution < -0.4 is 10.1 Å². The fourth-order valence-electron chi connectivity index (χ4n) is 2.86. The minimum atomic E-state index is -0.0345. The lowest BCUT2D eigenvalue weighted by Gasteiger charge is -2.08. The molecule has 0 spiro atoms. The van der Waals surface area contributed by atoms with Gasteiger partial charge in [-0.2, -0.15) is 0 Å². The molecule has 28 heavy (non-hydrogen) atoms. The number of anilines is 1. The second-order valence-electron chi connectivity index (χ2n) is 6.99. The Morgan fingerprint density at radius 3 is 2.86 bits per heavy atom. The number of nitrogens with one attached hydrogen (secondary N) is 1. The van der Waals surface area contributed by atoms with Gasteiger partial charge in [0.25, 0.3) is 0 Å².